The van der Waals surface area contributed by atoms with E-state index in [0.717, 1.165) is 12.8 Å². The summed E-state index contributed by atoms with van der Waals surface area (Å²) < 4.78 is 5.71. The minimum absolute atomic E-state index is 0.199. The van der Waals surface area contributed by atoms with Gasteiger partial charge in [-0.1, -0.05) is 17.7 Å². The Hall–Kier alpha value is 0.237. The van der Waals surface area contributed by atoms with Gasteiger partial charge in [-0.15, -0.1) is 29.8 Å². The Morgan fingerprint density at radius 3 is 2.88 bits per heavy atom. The molecule has 1 aliphatic rings. The smallest absolute Gasteiger partial charge is 0.220 e. The van der Waals surface area contributed by atoms with Gasteiger partial charge < -0.3 is 4.43 Å². The monoisotopic (exact) mass is 278 g/mol. The van der Waals surface area contributed by atoms with Gasteiger partial charge in [-0.25, -0.2) is 0 Å². The van der Waals surface area contributed by atoms with E-state index in [2.05, 4.69) is 25.7 Å². The average molecular weight is 279 g/mol. The maximum Gasteiger partial charge on any atom is 0.220 e. The van der Waals surface area contributed by atoms with Crippen molar-refractivity contribution in [2.75, 3.05) is 0 Å². The molecule has 0 heterocycles. The van der Waals surface area contributed by atoms with Crippen LogP contribution in [-0.2, 0) is 4.43 Å². The van der Waals surface area contributed by atoms with Crippen LogP contribution < -0.4 is 0 Å². The highest BCUT2D eigenvalue weighted by Crippen LogP contribution is 2.28. The third-order valence-electron chi connectivity index (χ3n) is 2.80. The molecular formula is C12H20Cl2OSi. The van der Waals surface area contributed by atoms with Crippen LogP contribution >= 0.6 is 23.2 Å². The second kappa shape index (κ2) is 6.25. The highest BCUT2D eigenvalue weighted by atomic mass is 35.5. The van der Waals surface area contributed by atoms with Crippen LogP contribution in [-0.4, -0.2) is 18.9 Å². The van der Waals surface area contributed by atoms with Crippen LogP contribution in [0.5, 0.6) is 0 Å². The summed E-state index contributed by atoms with van der Waals surface area (Å²) in [4.78, 5) is 0. The molecule has 0 bridgehead atoms. The summed E-state index contributed by atoms with van der Waals surface area (Å²) in [5.74, 6) is 0. The second-order valence-electron chi connectivity index (χ2n) is 4.77. The maximum atomic E-state index is 6.08. The van der Waals surface area contributed by atoms with Crippen LogP contribution in [0.4, 0.5) is 0 Å². The third-order valence-corrected chi connectivity index (χ3v) is 7.91. The average Bonchev–Trinajstić information content (AvgIpc) is 2.17. The third kappa shape index (κ3) is 4.25. The fourth-order valence-corrected chi connectivity index (χ4v) is 3.23. The summed E-state index contributed by atoms with van der Waals surface area (Å²) in [6.07, 6.45) is 8.78. The summed E-state index contributed by atoms with van der Waals surface area (Å²) in [7, 11) is -1.96. The summed E-state index contributed by atoms with van der Waals surface area (Å²) in [6.45, 7) is 7.89. The van der Waals surface area contributed by atoms with Gasteiger partial charge in [0.15, 0.2) is 0 Å². The van der Waals surface area contributed by atoms with E-state index >= 15 is 0 Å². The van der Waals surface area contributed by atoms with Crippen LogP contribution in [0.2, 0.25) is 13.1 Å². The van der Waals surface area contributed by atoms with Crippen molar-refractivity contribution in [1.29, 1.82) is 0 Å². The Kier molecular flexibility index (Phi) is 5.58. The number of hydrogen-bond donors (Lipinski definition) is 0. The molecule has 0 spiro atoms. The second-order valence-corrected chi connectivity index (χ2v) is 10.6. The maximum absolute atomic E-state index is 6.08. The normalized spacial score (nSPS) is 22.1. The van der Waals surface area contributed by atoms with Crippen molar-refractivity contribution in [3.8, 4) is 0 Å². The number of hydrogen-bond acceptors (Lipinski definition) is 1. The Balaban J connectivity index is 2.60. The molecule has 1 nitrogen and oxygen atoms in total. The lowest BCUT2D eigenvalue weighted by Crippen LogP contribution is -2.42. The van der Waals surface area contributed by atoms with Gasteiger partial charge in [0.25, 0.3) is 0 Å². The summed E-state index contributed by atoms with van der Waals surface area (Å²) in [6, 6.07) is 0. The molecular weight excluding hydrogens is 259 g/mol. The fourth-order valence-electron chi connectivity index (χ4n) is 1.85. The minimum atomic E-state index is -1.96. The first-order valence-electron chi connectivity index (χ1n) is 5.72. The van der Waals surface area contributed by atoms with Gasteiger partial charge in [0.1, 0.15) is 4.46 Å². The lowest BCUT2D eigenvalue weighted by molar-refractivity contribution is 0.218. The Morgan fingerprint density at radius 2 is 2.31 bits per heavy atom. The molecule has 0 radical (unpaired) electrons. The number of halogens is 2. The SMILES string of the molecule is C=CCC1=CC(O[Si](C)(C)C(Cl)Cl)CCC1. The standard InChI is InChI=1S/C12H20Cl2OSi/c1-4-6-10-7-5-8-11(9-10)15-16(2,3)12(13)14/h4,9,11-12H,1,5-8H2,2-3H3. The van der Waals surface area contributed by atoms with Crippen molar-refractivity contribution in [3.63, 3.8) is 0 Å². The predicted octanol–water partition coefficient (Wildman–Crippen LogP) is 4.61. The zero-order chi connectivity index (χ0) is 12.2. The molecule has 0 aromatic carbocycles. The van der Waals surface area contributed by atoms with Crippen LogP contribution in [0.25, 0.3) is 0 Å². The van der Waals surface area contributed by atoms with Crippen LogP contribution in [0.3, 0.4) is 0 Å². The van der Waals surface area contributed by atoms with E-state index in [4.69, 9.17) is 27.6 Å². The van der Waals surface area contributed by atoms with Gasteiger partial charge in [-0.3, -0.25) is 0 Å². The van der Waals surface area contributed by atoms with Gasteiger partial charge in [0, 0.05) is 0 Å². The summed E-state index contributed by atoms with van der Waals surface area (Å²) in [5, 5.41) is 0. The van der Waals surface area contributed by atoms with Crippen LogP contribution in [0.1, 0.15) is 25.7 Å². The molecule has 0 saturated carbocycles. The molecule has 0 N–H and O–H groups in total. The molecule has 0 aromatic heterocycles. The topological polar surface area (TPSA) is 9.23 Å². The summed E-state index contributed by atoms with van der Waals surface area (Å²) in [5.41, 5.74) is 1.43. The molecule has 0 aromatic rings. The van der Waals surface area contributed by atoms with E-state index in [0.29, 0.717) is 0 Å². The van der Waals surface area contributed by atoms with Crippen molar-refractivity contribution >= 4 is 31.5 Å². The largest absolute Gasteiger partial charge is 0.408 e. The number of allylic oxidation sites excluding steroid dienone is 2. The molecule has 16 heavy (non-hydrogen) atoms. The van der Waals surface area contributed by atoms with Gasteiger partial charge in [-0.2, -0.15) is 0 Å². The lowest BCUT2D eigenvalue weighted by atomic mass is 9.95. The van der Waals surface area contributed by atoms with E-state index in [1.165, 1.54) is 18.4 Å². The van der Waals surface area contributed by atoms with Crippen molar-refractivity contribution in [3.05, 3.63) is 24.3 Å². The molecule has 1 rings (SSSR count). The van der Waals surface area contributed by atoms with Crippen molar-refractivity contribution in [1.82, 2.24) is 0 Å². The molecule has 0 aliphatic heterocycles. The molecule has 1 aliphatic carbocycles. The molecule has 1 atom stereocenters. The van der Waals surface area contributed by atoms with Crippen LogP contribution in [0, 0.1) is 0 Å². The molecule has 0 amide bonds. The van der Waals surface area contributed by atoms with Crippen LogP contribution in [0.15, 0.2) is 24.3 Å². The van der Waals surface area contributed by atoms with E-state index in [1.807, 2.05) is 6.08 Å². The number of alkyl halides is 2. The van der Waals surface area contributed by atoms with Gasteiger partial charge in [0.2, 0.25) is 8.32 Å². The first-order valence-corrected chi connectivity index (χ1v) is 9.58. The quantitative estimate of drug-likeness (QED) is 0.406. The van der Waals surface area contributed by atoms with E-state index in [9.17, 15) is 0 Å². The van der Waals surface area contributed by atoms with Crippen molar-refractivity contribution < 1.29 is 4.43 Å². The zero-order valence-electron chi connectivity index (χ0n) is 10.0. The molecule has 92 valence electrons. The lowest BCUT2D eigenvalue weighted by Gasteiger charge is -2.31. The van der Waals surface area contributed by atoms with E-state index in [1.54, 1.807) is 0 Å². The molecule has 0 saturated heterocycles. The van der Waals surface area contributed by atoms with Gasteiger partial charge >= 0.3 is 0 Å². The minimum Gasteiger partial charge on any atom is -0.408 e. The first-order chi connectivity index (χ1) is 7.45. The summed E-state index contributed by atoms with van der Waals surface area (Å²) >= 11 is 11.9. The Labute approximate surface area is 110 Å². The zero-order valence-corrected chi connectivity index (χ0v) is 12.5. The predicted molar refractivity (Wildman–Crippen MR) is 74.6 cm³/mol. The Morgan fingerprint density at radius 1 is 1.62 bits per heavy atom. The first kappa shape index (κ1) is 14.3. The van der Waals surface area contributed by atoms with E-state index in [-0.39, 0.29) is 10.6 Å². The van der Waals surface area contributed by atoms with Crippen molar-refractivity contribution in [2.45, 2.75) is 49.3 Å². The molecule has 1 unspecified atom stereocenters. The Bertz CT molecular complexity index is 274. The van der Waals surface area contributed by atoms with Gasteiger partial charge in [-0.05, 0) is 38.8 Å². The van der Waals surface area contributed by atoms with Gasteiger partial charge in [0.05, 0.1) is 6.10 Å². The van der Waals surface area contributed by atoms with E-state index < -0.39 is 8.32 Å². The highest BCUT2D eigenvalue weighted by Gasteiger charge is 2.33. The van der Waals surface area contributed by atoms with Crippen molar-refractivity contribution in [2.24, 2.45) is 0 Å². The fraction of sp³-hybridized carbons (Fsp3) is 0.667. The highest BCUT2D eigenvalue weighted by molar-refractivity contribution is 6.88. The molecule has 4 heteroatoms. The molecule has 0 fully saturated rings. The number of rotatable bonds is 5.